The molecule has 3 N–H and O–H groups in total. The fourth-order valence-electron chi connectivity index (χ4n) is 1.35. The van der Waals surface area contributed by atoms with Crippen LogP contribution >= 0.6 is 15.9 Å². The Kier molecular flexibility index (Phi) is 2.44. The van der Waals surface area contributed by atoms with Crippen molar-refractivity contribution in [3.63, 3.8) is 0 Å². The zero-order valence-electron chi connectivity index (χ0n) is 7.66. The number of pyridine rings is 1. The highest BCUT2D eigenvalue weighted by molar-refractivity contribution is 9.10. The minimum absolute atomic E-state index is 0.352. The van der Waals surface area contributed by atoms with E-state index in [9.17, 15) is 0 Å². The summed E-state index contributed by atoms with van der Waals surface area (Å²) in [5.74, 6) is 0.352. The van der Waals surface area contributed by atoms with Gasteiger partial charge in [0.05, 0.1) is 15.9 Å². The molecule has 2 heterocycles. The molecular formula is C10H7BrN4. The van der Waals surface area contributed by atoms with Crippen molar-refractivity contribution in [2.45, 2.75) is 0 Å². The molecule has 0 atom stereocenters. The first-order valence-electron chi connectivity index (χ1n) is 4.22. The molecule has 0 aliphatic carbocycles. The van der Waals surface area contributed by atoms with Gasteiger partial charge >= 0.3 is 0 Å². The van der Waals surface area contributed by atoms with Crippen LogP contribution in [-0.4, -0.2) is 9.97 Å². The molecular weight excluding hydrogens is 256 g/mol. The van der Waals surface area contributed by atoms with Crippen LogP contribution in [0.3, 0.4) is 0 Å². The Morgan fingerprint density at radius 3 is 2.87 bits per heavy atom. The third-order valence-corrected chi connectivity index (χ3v) is 2.61. The van der Waals surface area contributed by atoms with Crippen LogP contribution in [0.15, 0.2) is 29.0 Å². The lowest BCUT2D eigenvalue weighted by molar-refractivity contribution is 1.31. The van der Waals surface area contributed by atoms with Crippen molar-refractivity contribution in [1.29, 1.82) is 5.26 Å². The molecule has 74 valence electrons. The Morgan fingerprint density at radius 2 is 2.27 bits per heavy atom. The summed E-state index contributed by atoms with van der Waals surface area (Å²) in [7, 11) is 0. The van der Waals surface area contributed by atoms with Crippen LogP contribution in [0.25, 0.3) is 11.3 Å². The zero-order valence-corrected chi connectivity index (χ0v) is 9.25. The average Bonchev–Trinajstić information content (AvgIpc) is 2.54. The molecule has 0 radical (unpaired) electrons. The number of hydrogen-bond acceptors (Lipinski definition) is 3. The molecule has 15 heavy (non-hydrogen) atoms. The lowest BCUT2D eigenvalue weighted by Gasteiger charge is -1.97. The van der Waals surface area contributed by atoms with Gasteiger partial charge in [0.2, 0.25) is 0 Å². The fourth-order valence-corrected chi connectivity index (χ4v) is 1.97. The van der Waals surface area contributed by atoms with Crippen molar-refractivity contribution in [3.05, 3.63) is 34.6 Å². The Labute approximate surface area is 94.9 Å². The van der Waals surface area contributed by atoms with Gasteiger partial charge in [-0.2, -0.15) is 5.26 Å². The summed E-state index contributed by atoms with van der Waals surface area (Å²) in [6, 6.07) is 7.56. The highest BCUT2D eigenvalue weighted by atomic mass is 79.9. The number of nitrogen functional groups attached to an aromatic ring is 1. The highest BCUT2D eigenvalue weighted by Crippen LogP contribution is 2.33. The van der Waals surface area contributed by atoms with Crippen LogP contribution in [0.1, 0.15) is 5.56 Å². The van der Waals surface area contributed by atoms with Crippen molar-refractivity contribution in [2.75, 3.05) is 5.73 Å². The quantitative estimate of drug-likeness (QED) is 0.828. The summed E-state index contributed by atoms with van der Waals surface area (Å²) in [4.78, 5) is 7.03. The monoisotopic (exact) mass is 262 g/mol. The van der Waals surface area contributed by atoms with Crippen LogP contribution in [0.4, 0.5) is 5.82 Å². The van der Waals surface area contributed by atoms with E-state index in [0.29, 0.717) is 27.2 Å². The van der Waals surface area contributed by atoms with Gasteiger partial charge in [-0.3, -0.25) is 4.98 Å². The number of aromatic nitrogens is 2. The van der Waals surface area contributed by atoms with E-state index in [4.69, 9.17) is 11.0 Å². The van der Waals surface area contributed by atoms with Crippen molar-refractivity contribution in [2.24, 2.45) is 0 Å². The minimum Gasteiger partial charge on any atom is -0.384 e. The van der Waals surface area contributed by atoms with E-state index in [1.165, 1.54) is 0 Å². The third-order valence-electron chi connectivity index (χ3n) is 2.02. The zero-order chi connectivity index (χ0) is 10.8. The molecule has 2 rings (SSSR count). The number of hydrogen-bond donors (Lipinski definition) is 2. The largest absolute Gasteiger partial charge is 0.384 e. The number of nitrogens with two attached hydrogens (primary N) is 1. The average molecular weight is 263 g/mol. The lowest BCUT2D eigenvalue weighted by Crippen LogP contribution is -1.88. The number of nitrogens with zero attached hydrogens (tertiary/aromatic N) is 2. The van der Waals surface area contributed by atoms with Gasteiger partial charge in [0, 0.05) is 6.20 Å². The van der Waals surface area contributed by atoms with Gasteiger partial charge in [0.1, 0.15) is 17.5 Å². The molecule has 4 nitrogen and oxygen atoms in total. The SMILES string of the molecule is N#Cc1c(N)[nH]c(Br)c1-c1ccccn1. The third kappa shape index (κ3) is 1.60. The Hall–Kier alpha value is -1.80. The number of aromatic amines is 1. The van der Waals surface area contributed by atoms with E-state index in [-0.39, 0.29) is 0 Å². The number of rotatable bonds is 1. The van der Waals surface area contributed by atoms with E-state index in [0.717, 1.165) is 0 Å². The standard InChI is InChI=1S/C10H7BrN4/c11-9-8(6(5-12)10(13)15-9)7-3-1-2-4-14-7/h1-4,15H,13H2. The van der Waals surface area contributed by atoms with Gasteiger partial charge in [0.15, 0.2) is 0 Å². The first kappa shape index (κ1) is 9.74. The number of anilines is 1. The Bertz CT molecular complexity index is 524. The predicted octanol–water partition coefficient (Wildman–Crippen LogP) is 2.29. The lowest BCUT2D eigenvalue weighted by atomic mass is 10.1. The molecule has 0 saturated carbocycles. The molecule has 0 saturated heterocycles. The summed E-state index contributed by atoms with van der Waals surface area (Å²) in [6.45, 7) is 0. The van der Waals surface area contributed by atoms with Crippen LogP contribution < -0.4 is 5.73 Å². The maximum absolute atomic E-state index is 8.98. The maximum Gasteiger partial charge on any atom is 0.120 e. The van der Waals surface area contributed by atoms with Gasteiger partial charge in [-0.05, 0) is 28.1 Å². The summed E-state index contributed by atoms with van der Waals surface area (Å²) in [5.41, 5.74) is 7.49. The summed E-state index contributed by atoms with van der Waals surface area (Å²) < 4.78 is 0.676. The second kappa shape index (κ2) is 3.75. The first-order valence-corrected chi connectivity index (χ1v) is 5.01. The fraction of sp³-hybridized carbons (Fsp3) is 0. The second-order valence-corrected chi connectivity index (χ2v) is 3.72. The van der Waals surface area contributed by atoms with Gasteiger partial charge < -0.3 is 10.7 Å². The van der Waals surface area contributed by atoms with Crippen LogP contribution in [0.5, 0.6) is 0 Å². The van der Waals surface area contributed by atoms with E-state index >= 15 is 0 Å². The van der Waals surface area contributed by atoms with Crippen molar-refractivity contribution < 1.29 is 0 Å². The van der Waals surface area contributed by atoms with Crippen LogP contribution in [0.2, 0.25) is 0 Å². The Balaban J connectivity index is 2.69. The molecule has 2 aromatic rings. The van der Waals surface area contributed by atoms with Crippen molar-refractivity contribution in [3.8, 4) is 17.3 Å². The molecule has 2 aromatic heterocycles. The summed E-state index contributed by atoms with van der Waals surface area (Å²) in [5, 5.41) is 8.98. The number of halogens is 1. The van der Waals surface area contributed by atoms with Crippen molar-refractivity contribution >= 4 is 21.7 Å². The minimum atomic E-state index is 0.352. The maximum atomic E-state index is 8.98. The number of nitrogens with one attached hydrogen (secondary N) is 1. The molecule has 0 fully saturated rings. The van der Waals surface area contributed by atoms with Crippen molar-refractivity contribution in [1.82, 2.24) is 9.97 Å². The van der Waals surface area contributed by atoms with Gasteiger partial charge in [-0.1, -0.05) is 6.07 Å². The molecule has 0 aliphatic rings. The second-order valence-electron chi connectivity index (χ2n) is 2.93. The van der Waals surface area contributed by atoms with E-state index in [2.05, 4.69) is 32.0 Å². The summed E-state index contributed by atoms with van der Waals surface area (Å²) >= 11 is 3.32. The highest BCUT2D eigenvalue weighted by Gasteiger charge is 2.16. The van der Waals surface area contributed by atoms with E-state index in [1.54, 1.807) is 6.20 Å². The van der Waals surface area contributed by atoms with Gasteiger partial charge in [-0.15, -0.1) is 0 Å². The van der Waals surface area contributed by atoms with Crippen LogP contribution in [-0.2, 0) is 0 Å². The molecule has 5 heteroatoms. The molecule has 0 aromatic carbocycles. The summed E-state index contributed by atoms with van der Waals surface area (Å²) in [6.07, 6.45) is 1.67. The first-order chi connectivity index (χ1) is 7.24. The normalized spacial score (nSPS) is 9.87. The smallest absolute Gasteiger partial charge is 0.120 e. The van der Waals surface area contributed by atoms with E-state index in [1.807, 2.05) is 18.2 Å². The molecule has 0 spiro atoms. The number of nitriles is 1. The molecule has 0 amide bonds. The Morgan fingerprint density at radius 1 is 1.47 bits per heavy atom. The predicted molar refractivity (Wildman–Crippen MR) is 60.9 cm³/mol. The van der Waals surface area contributed by atoms with Gasteiger partial charge in [-0.25, -0.2) is 0 Å². The molecule has 0 aliphatic heterocycles. The topological polar surface area (TPSA) is 78.5 Å². The molecule has 0 unspecified atom stereocenters. The van der Waals surface area contributed by atoms with Gasteiger partial charge in [0.25, 0.3) is 0 Å². The van der Waals surface area contributed by atoms with E-state index < -0.39 is 0 Å². The molecule has 0 bridgehead atoms. The van der Waals surface area contributed by atoms with Crippen LogP contribution in [0, 0.1) is 11.3 Å². The number of H-pyrrole nitrogens is 1.